The Balaban J connectivity index is 1.38. The Morgan fingerprint density at radius 2 is 1.96 bits per heavy atom. The molecule has 0 aliphatic carbocycles. The van der Waals surface area contributed by atoms with Gasteiger partial charge in [0.2, 0.25) is 5.91 Å². The summed E-state index contributed by atoms with van der Waals surface area (Å²) < 4.78 is 13.3. The SMILES string of the molecule is Cc1cccc(CN2C[C@H]3CN(Cc4cccc(F)c4)C(=O)[C@H]3C2)n1. The number of aromatic nitrogens is 1. The Labute approximate surface area is 147 Å². The van der Waals surface area contributed by atoms with E-state index in [1.165, 1.54) is 12.1 Å². The summed E-state index contributed by atoms with van der Waals surface area (Å²) in [5, 5.41) is 0. The van der Waals surface area contributed by atoms with E-state index in [9.17, 15) is 9.18 Å². The van der Waals surface area contributed by atoms with E-state index in [4.69, 9.17) is 0 Å². The van der Waals surface area contributed by atoms with Crippen LogP contribution in [0.1, 0.15) is 17.0 Å². The lowest BCUT2D eigenvalue weighted by molar-refractivity contribution is -0.131. The minimum Gasteiger partial charge on any atom is -0.338 e. The van der Waals surface area contributed by atoms with Crippen molar-refractivity contribution >= 4 is 5.91 Å². The van der Waals surface area contributed by atoms with Crippen LogP contribution in [0.15, 0.2) is 42.5 Å². The van der Waals surface area contributed by atoms with Gasteiger partial charge in [-0.3, -0.25) is 14.7 Å². The summed E-state index contributed by atoms with van der Waals surface area (Å²) >= 11 is 0. The van der Waals surface area contributed by atoms with Crippen molar-refractivity contribution in [2.24, 2.45) is 11.8 Å². The van der Waals surface area contributed by atoms with E-state index in [1.54, 1.807) is 6.07 Å². The maximum Gasteiger partial charge on any atom is 0.227 e. The lowest BCUT2D eigenvalue weighted by atomic mass is 10.0. The third-order valence-electron chi connectivity index (χ3n) is 5.19. The highest BCUT2D eigenvalue weighted by Crippen LogP contribution is 2.33. The number of hydrogen-bond donors (Lipinski definition) is 0. The number of pyridine rings is 1. The van der Waals surface area contributed by atoms with Crippen LogP contribution in [0.3, 0.4) is 0 Å². The number of nitrogens with zero attached hydrogens (tertiary/aromatic N) is 3. The molecule has 130 valence electrons. The molecule has 0 N–H and O–H groups in total. The molecule has 5 heteroatoms. The summed E-state index contributed by atoms with van der Waals surface area (Å²) in [6.45, 7) is 5.77. The molecule has 0 unspecified atom stereocenters. The van der Waals surface area contributed by atoms with Gasteiger partial charge in [0, 0.05) is 44.3 Å². The average Bonchev–Trinajstić information content (AvgIpc) is 3.07. The Morgan fingerprint density at radius 3 is 2.72 bits per heavy atom. The van der Waals surface area contributed by atoms with Crippen LogP contribution in [-0.2, 0) is 17.9 Å². The summed E-state index contributed by atoms with van der Waals surface area (Å²) in [6, 6.07) is 12.6. The number of halogens is 1. The molecule has 2 fully saturated rings. The molecule has 1 aromatic carbocycles. The average molecular weight is 339 g/mol. The van der Waals surface area contributed by atoms with Gasteiger partial charge in [-0.15, -0.1) is 0 Å². The summed E-state index contributed by atoms with van der Waals surface area (Å²) in [4.78, 5) is 21.5. The fourth-order valence-corrected chi connectivity index (χ4v) is 4.08. The zero-order valence-electron chi connectivity index (χ0n) is 14.4. The number of fused-ring (bicyclic) bond motifs is 1. The zero-order chi connectivity index (χ0) is 17.4. The van der Waals surface area contributed by atoms with Gasteiger partial charge in [0.05, 0.1) is 11.6 Å². The molecule has 25 heavy (non-hydrogen) atoms. The first-order chi connectivity index (χ1) is 12.1. The molecule has 4 nitrogen and oxygen atoms in total. The van der Waals surface area contributed by atoms with Crippen LogP contribution in [0.25, 0.3) is 0 Å². The Kier molecular flexibility index (Phi) is 4.25. The quantitative estimate of drug-likeness (QED) is 0.859. The molecular weight excluding hydrogens is 317 g/mol. The van der Waals surface area contributed by atoms with Gasteiger partial charge in [-0.05, 0) is 36.8 Å². The highest BCUT2D eigenvalue weighted by molar-refractivity contribution is 5.82. The van der Waals surface area contributed by atoms with Crippen molar-refractivity contribution in [1.29, 1.82) is 0 Å². The molecule has 4 rings (SSSR count). The second-order valence-corrected chi connectivity index (χ2v) is 7.18. The van der Waals surface area contributed by atoms with Gasteiger partial charge in [0.15, 0.2) is 0 Å². The van der Waals surface area contributed by atoms with Crippen LogP contribution in [-0.4, -0.2) is 40.3 Å². The number of amides is 1. The minimum absolute atomic E-state index is 0.0679. The summed E-state index contributed by atoms with van der Waals surface area (Å²) in [5.41, 5.74) is 2.94. The van der Waals surface area contributed by atoms with Gasteiger partial charge >= 0.3 is 0 Å². The van der Waals surface area contributed by atoms with E-state index in [0.717, 1.165) is 43.1 Å². The van der Waals surface area contributed by atoms with E-state index in [2.05, 4.69) is 9.88 Å². The lowest BCUT2D eigenvalue weighted by Gasteiger charge is -2.21. The van der Waals surface area contributed by atoms with E-state index in [1.807, 2.05) is 36.1 Å². The largest absolute Gasteiger partial charge is 0.338 e. The monoisotopic (exact) mass is 339 g/mol. The highest BCUT2D eigenvalue weighted by Gasteiger charge is 2.45. The van der Waals surface area contributed by atoms with Crippen molar-refractivity contribution in [1.82, 2.24) is 14.8 Å². The zero-order valence-corrected chi connectivity index (χ0v) is 14.4. The predicted molar refractivity (Wildman–Crippen MR) is 93.0 cm³/mol. The molecule has 2 aliphatic heterocycles. The number of benzene rings is 1. The Hall–Kier alpha value is -2.27. The third-order valence-corrected chi connectivity index (χ3v) is 5.19. The maximum atomic E-state index is 13.3. The van der Waals surface area contributed by atoms with Crippen molar-refractivity contribution in [2.45, 2.75) is 20.0 Å². The standard InChI is InChI=1S/C20H22FN3O/c1-14-4-2-7-18(22-14)12-23-10-16-11-24(20(25)19(16)13-23)9-15-5-3-6-17(21)8-15/h2-8,16,19H,9-13H2,1H3/t16-,19-/m0/s1. The molecule has 2 aliphatic rings. The Morgan fingerprint density at radius 1 is 1.12 bits per heavy atom. The normalized spacial score (nSPS) is 23.3. The number of hydrogen-bond acceptors (Lipinski definition) is 3. The van der Waals surface area contributed by atoms with Gasteiger partial charge < -0.3 is 4.90 Å². The van der Waals surface area contributed by atoms with E-state index < -0.39 is 0 Å². The van der Waals surface area contributed by atoms with Gasteiger partial charge in [-0.1, -0.05) is 18.2 Å². The molecule has 3 heterocycles. The van der Waals surface area contributed by atoms with Crippen molar-refractivity contribution in [3.05, 3.63) is 65.2 Å². The fourth-order valence-electron chi connectivity index (χ4n) is 4.08. The minimum atomic E-state index is -0.249. The molecule has 0 radical (unpaired) electrons. The van der Waals surface area contributed by atoms with Gasteiger partial charge in [-0.25, -0.2) is 4.39 Å². The predicted octanol–water partition coefficient (Wildman–Crippen LogP) is 2.62. The van der Waals surface area contributed by atoms with Crippen molar-refractivity contribution in [3.63, 3.8) is 0 Å². The second kappa shape index (κ2) is 6.56. The molecule has 2 atom stereocenters. The first kappa shape index (κ1) is 16.2. The number of rotatable bonds is 4. The molecule has 0 bridgehead atoms. The molecule has 2 saturated heterocycles. The highest BCUT2D eigenvalue weighted by atomic mass is 19.1. The summed E-state index contributed by atoms with van der Waals surface area (Å²) in [6.07, 6.45) is 0. The van der Waals surface area contributed by atoms with E-state index in [0.29, 0.717) is 12.5 Å². The van der Waals surface area contributed by atoms with Gasteiger partial charge in [-0.2, -0.15) is 0 Å². The van der Waals surface area contributed by atoms with Crippen molar-refractivity contribution < 1.29 is 9.18 Å². The first-order valence-corrected chi connectivity index (χ1v) is 8.76. The van der Waals surface area contributed by atoms with Gasteiger partial charge in [0.25, 0.3) is 0 Å². The number of aryl methyl sites for hydroxylation is 1. The van der Waals surface area contributed by atoms with Crippen LogP contribution in [0.5, 0.6) is 0 Å². The number of likely N-dealkylation sites (tertiary alicyclic amines) is 2. The topological polar surface area (TPSA) is 36.4 Å². The van der Waals surface area contributed by atoms with Crippen LogP contribution in [0, 0.1) is 24.6 Å². The van der Waals surface area contributed by atoms with Crippen molar-refractivity contribution in [2.75, 3.05) is 19.6 Å². The maximum absolute atomic E-state index is 13.3. The molecule has 1 amide bonds. The Bertz CT molecular complexity index is 794. The molecule has 1 aromatic heterocycles. The van der Waals surface area contributed by atoms with E-state index in [-0.39, 0.29) is 17.6 Å². The van der Waals surface area contributed by atoms with Crippen LogP contribution in [0.2, 0.25) is 0 Å². The summed E-state index contributed by atoms with van der Waals surface area (Å²) in [7, 11) is 0. The summed E-state index contributed by atoms with van der Waals surface area (Å²) in [5.74, 6) is 0.388. The molecule has 2 aromatic rings. The molecular formula is C20H22FN3O. The van der Waals surface area contributed by atoms with Gasteiger partial charge in [0.1, 0.15) is 5.82 Å². The second-order valence-electron chi connectivity index (χ2n) is 7.18. The smallest absolute Gasteiger partial charge is 0.227 e. The number of carbonyl (C=O) groups excluding carboxylic acids is 1. The molecule has 0 saturated carbocycles. The number of carbonyl (C=O) groups is 1. The van der Waals surface area contributed by atoms with Crippen LogP contribution >= 0.6 is 0 Å². The van der Waals surface area contributed by atoms with E-state index >= 15 is 0 Å². The van der Waals surface area contributed by atoms with Crippen molar-refractivity contribution in [3.8, 4) is 0 Å². The van der Waals surface area contributed by atoms with Crippen LogP contribution < -0.4 is 0 Å². The lowest BCUT2D eigenvalue weighted by Crippen LogP contribution is -2.32. The molecule has 0 spiro atoms. The fraction of sp³-hybridized carbons (Fsp3) is 0.400. The first-order valence-electron chi connectivity index (χ1n) is 8.76. The van der Waals surface area contributed by atoms with Crippen LogP contribution in [0.4, 0.5) is 4.39 Å². The third kappa shape index (κ3) is 3.42.